The fourth-order valence-corrected chi connectivity index (χ4v) is 4.00. The molecule has 10 heteroatoms. The van der Waals surface area contributed by atoms with E-state index < -0.39 is 0 Å². The number of hydrogen-bond acceptors (Lipinski definition) is 9. The largest absolute Gasteiger partial charge is 0.467 e. The number of fused-ring (bicyclic) bond motifs is 1. The minimum absolute atomic E-state index is 0.333. The number of ether oxygens (including phenoxy) is 1. The molecule has 0 atom stereocenters. The molecular formula is C24H29N9O. The van der Waals surface area contributed by atoms with E-state index in [9.17, 15) is 0 Å². The molecule has 0 unspecified atom stereocenters. The molecule has 0 spiro atoms. The van der Waals surface area contributed by atoms with Crippen LogP contribution >= 0.6 is 0 Å². The fraction of sp³-hybridized carbons (Fsp3) is 0.333. The first kappa shape index (κ1) is 22.1. The molecular weight excluding hydrogens is 430 g/mol. The smallest absolute Gasteiger partial charge is 0.318 e. The third kappa shape index (κ3) is 4.92. The Morgan fingerprint density at radius 1 is 1.06 bits per heavy atom. The van der Waals surface area contributed by atoms with Gasteiger partial charge in [0.15, 0.2) is 0 Å². The van der Waals surface area contributed by atoms with Crippen molar-refractivity contribution in [3.05, 3.63) is 48.2 Å². The number of nitrogens with zero attached hydrogens (tertiary/aromatic N) is 6. The van der Waals surface area contributed by atoms with E-state index in [0.29, 0.717) is 12.0 Å². The number of aromatic amines is 1. The molecule has 0 aliphatic carbocycles. The van der Waals surface area contributed by atoms with Gasteiger partial charge in [-0.25, -0.2) is 9.97 Å². The molecule has 3 N–H and O–H groups in total. The SMILES string of the molecule is COc1nc(-c2ccc3nc(Nc4cc(CN5CCNCC5)ccn4)[nH]c3c2)cc(N(C)C)n1. The molecule has 1 saturated heterocycles. The average Bonchev–Trinajstić information content (AvgIpc) is 3.26. The standard InChI is InChI=1S/C24H29N9O/c1-32(2)22-14-19(29-24(31-22)34-3)17-4-5-18-20(13-17)28-23(27-18)30-21-12-16(6-7-26-21)15-33-10-8-25-9-11-33/h4-7,12-14,25H,8-11,15H2,1-3H3,(H2,26,27,28,30). The summed E-state index contributed by atoms with van der Waals surface area (Å²) in [6, 6.07) is 12.4. The number of pyridine rings is 1. The van der Waals surface area contributed by atoms with Crippen molar-refractivity contribution in [2.75, 3.05) is 57.6 Å². The van der Waals surface area contributed by atoms with E-state index in [1.165, 1.54) is 5.56 Å². The van der Waals surface area contributed by atoms with Crippen molar-refractivity contribution < 1.29 is 4.74 Å². The number of benzene rings is 1. The summed E-state index contributed by atoms with van der Waals surface area (Å²) in [6.45, 7) is 5.11. The van der Waals surface area contributed by atoms with E-state index in [4.69, 9.17) is 4.74 Å². The van der Waals surface area contributed by atoms with Crippen molar-refractivity contribution in [3.63, 3.8) is 0 Å². The van der Waals surface area contributed by atoms with Gasteiger partial charge in [0, 0.05) is 64.6 Å². The summed E-state index contributed by atoms with van der Waals surface area (Å²) in [7, 11) is 5.45. The van der Waals surface area contributed by atoms with Gasteiger partial charge in [0.2, 0.25) is 5.95 Å². The topological polar surface area (TPSA) is 107 Å². The first-order valence-electron chi connectivity index (χ1n) is 11.3. The summed E-state index contributed by atoms with van der Waals surface area (Å²) in [5.74, 6) is 2.19. The number of hydrogen-bond donors (Lipinski definition) is 3. The van der Waals surface area contributed by atoms with Gasteiger partial charge in [-0.05, 0) is 29.8 Å². The molecule has 0 bridgehead atoms. The number of anilines is 3. The minimum atomic E-state index is 0.333. The zero-order chi connectivity index (χ0) is 23.5. The van der Waals surface area contributed by atoms with Crippen LogP contribution in [-0.2, 0) is 6.54 Å². The summed E-state index contributed by atoms with van der Waals surface area (Å²) >= 11 is 0. The predicted molar refractivity (Wildman–Crippen MR) is 134 cm³/mol. The van der Waals surface area contributed by atoms with Crippen LogP contribution in [0.25, 0.3) is 22.3 Å². The second-order valence-corrected chi connectivity index (χ2v) is 8.51. The van der Waals surface area contributed by atoms with Crippen molar-refractivity contribution in [2.24, 2.45) is 0 Å². The summed E-state index contributed by atoms with van der Waals surface area (Å²) in [5.41, 5.74) is 4.72. The van der Waals surface area contributed by atoms with Crippen molar-refractivity contribution in [3.8, 4) is 17.3 Å². The zero-order valence-corrected chi connectivity index (χ0v) is 19.7. The molecule has 4 aromatic rings. The van der Waals surface area contributed by atoms with Crippen LogP contribution in [-0.4, -0.2) is 77.2 Å². The van der Waals surface area contributed by atoms with Crippen LogP contribution in [0.1, 0.15) is 5.56 Å². The van der Waals surface area contributed by atoms with Crippen molar-refractivity contribution in [1.29, 1.82) is 0 Å². The van der Waals surface area contributed by atoms with E-state index >= 15 is 0 Å². The Kier molecular flexibility index (Phi) is 6.24. The average molecular weight is 460 g/mol. The minimum Gasteiger partial charge on any atom is -0.467 e. The molecule has 1 fully saturated rings. The van der Waals surface area contributed by atoms with Crippen molar-refractivity contribution in [1.82, 2.24) is 35.1 Å². The Labute approximate surface area is 198 Å². The molecule has 1 aliphatic heterocycles. The van der Waals surface area contributed by atoms with Gasteiger partial charge in [0.05, 0.1) is 23.8 Å². The van der Waals surface area contributed by atoms with Gasteiger partial charge in [-0.15, -0.1) is 0 Å². The summed E-state index contributed by atoms with van der Waals surface area (Å²) in [4.78, 5) is 25.8. The number of imidazole rings is 1. The molecule has 4 heterocycles. The lowest BCUT2D eigenvalue weighted by Gasteiger charge is -2.27. The van der Waals surface area contributed by atoms with Gasteiger partial charge in [-0.1, -0.05) is 6.07 Å². The highest BCUT2D eigenvalue weighted by atomic mass is 16.5. The summed E-state index contributed by atoms with van der Waals surface area (Å²) in [6.07, 6.45) is 1.84. The molecule has 34 heavy (non-hydrogen) atoms. The van der Waals surface area contributed by atoms with Crippen LogP contribution < -0.4 is 20.3 Å². The van der Waals surface area contributed by atoms with Crippen molar-refractivity contribution >= 4 is 28.6 Å². The Bertz CT molecular complexity index is 1280. The van der Waals surface area contributed by atoms with Crippen LogP contribution in [0.15, 0.2) is 42.6 Å². The van der Waals surface area contributed by atoms with Gasteiger partial charge >= 0.3 is 6.01 Å². The Morgan fingerprint density at radius 2 is 1.91 bits per heavy atom. The fourth-order valence-electron chi connectivity index (χ4n) is 4.00. The predicted octanol–water partition coefficient (Wildman–Crippen LogP) is 2.64. The van der Waals surface area contributed by atoms with Crippen LogP contribution in [0.5, 0.6) is 6.01 Å². The third-order valence-corrected chi connectivity index (χ3v) is 5.80. The van der Waals surface area contributed by atoms with Gasteiger partial charge in [0.1, 0.15) is 11.6 Å². The lowest BCUT2D eigenvalue weighted by Crippen LogP contribution is -2.42. The van der Waals surface area contributed by atoms with Gasteiger partial charge in [-0.3, -0.25) is 4.90 Å². The number of aromatic nitrogens is 5. The number of rotatable bonds is 7. The van der Waals surface area contributed by atoms with Gasteiger partial charge in [-0.2, -0.15) is 9.97 Å². The maximum atomic E-state index is 5.29. The highest BCUT2D eigenvalue weighted by Gasteiger charge is 2.13. The lowest BCUT2D eigenvalue weighted by atomic mass is 10.1. The summed E-state index contributed by atoms with van der Waals surface area (Å²) in [5, 5.41) is 6.70. The number of nitrogens with one attached hydrogen (secondary N) is 3. The van der Waals surface area contributed by atoms with E-state index in [2.05, 4.69) is 52.6 Å². The quantitative estimate of drug-likeness (QED) is 0.384. The second-order valence-electron chi connectivity index (χ2n) is 8.51. The lowest BCUT2D eigenvalue weighted by molar-refractivity contribution is 0.233. The van der Waals surface area contributed by atoms with E-state index in [1.807, 2.05) is 49.5 Å². The van der Waals surface area contributed by atoms with Crippen molar-refractivity contribution in [2.45, 2.75) is 6.54 Å². The van der Waals surface area contributed by atoms with Gasteiger partial charge < -0.3 is 25.3 Å². The van der Waals surface area contributed by atoms with Crippen LogP contribution in [0, 0.1) is 0 Å². The first-order chi connectivity index (χ1) is 16.6. The van der Waals surface area contributed by atoms with E-state index in [1.54, 1.807) is 7.11 Å². The molecule has 176 valence electrons. The van der Waals surface area contributed by atoms with Crippen LogP contribution in [0.2, 0.25) is 0 Å². The molecule has 0 amide bonds. The molecule has 5 rings (SSSR count). The molecule has 1 aliphatic rings. The Hall–Kier alpha value is -3.76. The first-order valence-corrected chi connectivity index (χ1v) is 11.3. The molecule has 1 aromatic carbocycles. The number of H-pyrrole nitrogens is 1. The van der Waals surface area contributed by atoms with Crippen LogP contribution in [0.4, 0.5) is 17.6 Å². The van der Waals surface area contributed by atoms with E-state index in [-0.39, 0.29) is 0 Å². The normalized spacial score (nSPS) is 14.3. The number of methoxy groups -OCH3 is 1. The molecule has 3 aromatic heterocycles. The molecule has 0 saturated carbocycles. The maximum Gasteiger partial charge on any atom is 0.318 e. The third-order valence-electron chi connectivity index (χ3n) is 5.80. The molecule has 10 nitrogen and oxygen atoms in total. The van der Waals surface area contributed by atoms with E-state index in [0.717, 1.165) is 66.7 Å². The Morgan fingerprint density at radius 3 is 2.71 bits per heavy atom. The highest BCUT2D eigenvalue weighted by molar-refractivity contribution is 5.83. The van der Waals surface area contributed by atoms with Crippen LogP contribution in [0.3, 0.4) is 0 Å². The zero-order valence-electron chi connectivity index (χ0n) is 19.7. The molecule has 0 radical (unpaired) electrons. The second kappa shape index (κ2) is 9.62. The summed E-state index contributed by atoms with van der Waals surface area (Å²) < 4.78 is 5.29. The Balaban J connectivity index is 1.37. The maximum absolute atomic E-state index is 5.29. The highest BCUT2D eigenvalue weighted by Crippen LogP contribution is 2.27. The monoisotopic (exact) mass is 459 g/mol. The van der Waals surface area contributed by atoms with Gasteiger partial charge in [0.25, 0.3) is 0 Å². The number of piperazine rings is 1.